The van der Waals surface area contributed by atoms with E-state index in [-0.39, 0.29) is 147 Å². The van der Waals surface area contributed by atoms with Crippen molar-refractivity contribution < 1.29 is 136 Å². The van der Waals surface area contributed by atoms with Gasteiger partial charge in [0.25, 0.3) is 5.91 Å². The molecule has 1 saturated carbocycles. The predicted octanol–water partition coefficient (Wildman–Crippen LogP) is -2.76. The summed E-state index contributed by atoms with van der Waals surface area (Å²) in [6.07, 6.45) is -13.3. The number of benzene rings is 2. The monoisotopic (exact) mass is 1310 g/mol. The minimum absolute atomic E-state index is 0.000358. The number of nitrogens with two attached hydrogens (primary N) is 1. The lowest BCUT2D eigenvalue weighted by molar-refractivity contribution is -0.242. The van der Waals surface area contributed by atoms with Crippen LogP contribution in [0.5, 0.6) is 11.5 Å². The summed E-state index contributed by atoms with van der Waals surface area (Å²) in [7, 11) is 0. The lowest BCUT2D eigenvalue weighted by Gasteiger charge is -2.38. The van der Waals surface area contributed by atoms with Crippen LogP contribution in [0, 0.1) is 11.8 Å². The minimum atomic E-state index is -1.85. The molecule has 0 bridgehead atoms. The number of carbonyl (C=O) groups excluding carboxylic acids is 8. The largest absolute Gasteiger partial charge is 0.487 e. The number of ether oxygens (including phenoxy) is 9. The maximum atomic E-state index is 13.8. The molecule has 33 heteroatoms. The van der Waals surface area contributed by atoms with Crippen LogP contribution in [0.1, 0.15) is 103 Å². The summed E-state index contributed by atoms with van der Waals surface area (Å²) in [5, 5.41) is 90.7. The zero-order valence-corrected chi connectivity index (χ0v) is 51.1. The molecule has 33 nitrogen and oxygen atoms in total. The molecule has 0 radical (unpaired) electrons. The van der Waals surface area contributed by atoms with Crippen LogP contribution in [-0.2, 0) is 89.6 Å². The summed E-state index contributed by atoms with van der Waals surface area (Å²) >= 11 is 0. The fourth-order valence-electron chi connectivity index (χ4n) is 9.29. The number of hydrogen-bond donors (Lipinski definition) is 13. The molecule has 2 fully saturated rings. The maximum Gasteiger partial charge on any atom is 0.309 e. The molecule has 1 heterocycles. The highest BCUT2D eigenvalue weighted by atomic mass is 16.7. The molecule has 92 heavy (non-hydrogen) atoms. The smallest absolute Gasteiger partial charge is 0.309 e. The number of aliphatic hydroxyl groups excluding tert-OH is 6. The summed E-state index contributed by atoms with van der Waals surface area (Å²) in [4.78, 5) is 130. The molecule has 0 spiro atoms. The average Bonchev–Trinajstić information content (AvgIpc) is 1.49. The summed E-state index contributed by atoms with van der Waals surface area (Å²) in [5.74, 6) is -4.88. The predicted molar refractivity (Wildman–Crippen MR) is 311 cm³/mol. The number of unbranched alkanes of at least 4 members (excludes halogenated alkanes) is 1. The average molecular weight is 1310 g/mol. The molecule has 2 aromatic carbocycles. The molecule has 1 aliphatic carbocycles. The van der Waals surface area contributed by atoms with Crippen molar-refractivity contribution in [3.63, 3.8) is 0 Å². The standard InChI is InChI=1S/C59H85N5O28/c1-33(65)87-28-35-8-11-45(92-59-55(78)52(75)44(69)30-89-59)38(24-35)42(67)7-5-17-83-20-22-86-32-49(71)64-41(43(68)26-37(10-13-50(72)73)56(79)62-16-19-90-60)6-3-4-14-61-48(70)31-85-23-21-84-18-15-63-57(80)39-25-36(29-88-34(2)66)9-12-46(39)91-47-27-40(58(81)82)51(74)54(77)53(47)76/h8-9,11-12,24-25,37,40-41,44,47,51-55,59,69,74-78H,3-7,10,13-23,26-32,60H2,1-2H3,(H,61,70)(H,62,79)(H,63,80)(H,64,71)(H,72,73)(H,81,82)/t37-,40-,41+,44+,47+,51+,52-,53-,54-,55+,59-/m0/s1. The summed E-state index contributed by atoms with van der Waals surface area (Å²) in [5.41, 5.74) is 0.817. The van der Waals surface area contributed by atoms with Crippen LogP contribution >= 0.6 is 0 Å². The van der Waals surface area contributed by atoms with Gasteiger partial charge in [0.2, 0.25) is 24.0 Å². The van der Waals surface area contributed by atoms with E-state index in [1.165, 1.54) is 50.2 Å². The number of hydrogen-bond acceptors (Lipinski definition) is 27. The van der Waals surface area contributed by atoms with Crippen molar-refractivity contribution in [1.82, 2.24) is 21.3 Å². The number of amides is 4. The number of Topliss-reactive ketones (excluding diaryl/α,β-unsaturated/α-hetero) is 2. The molecule has 1 aliphatic heterocycles. The SMILES string of the molecule is CC(=O)OCc1ccc(O[C@@H]2OC[C@@H](O)[C@H](O)[C@H]2O)c(C(=O)CCCOCCOCC(=O)N[C@H](CCCCNC(=O)COCCOCCNC(=O)c2cc(COC(C)=O)ccc2O[C@@H]2C[C@H](C(=O)O)[C@@H](O)[C@H](O)[C@H]2O)C(=O)C[C@H](CCC(=O)O)C(=O)NCCON)c1. The first-order valence-corrected chi connectivity index (χ1v) is 29.7. The second kappa shape index (κ2) is 41.3. The van der Waals surface area contributed by atoms with Crippen LogP contribution in [-0.4, -0.2) is 241 Å². The first-order valence-electron chi connectivity index (χ1n) is 29.7. The van der Waals surface area contributed by atoms with Crippen molar-refractivity contribution >= 4 is 59.1 Å². The van der Waals surface area contributed by atoms with E-state index in [4.69, 9.17) is 48.5 Å². The number of nitrogens with one attached hydrogen (secondary N) is 4. The molecule has 1 saturated heterocycles. The van der Waals surface area contributed by atoms with Crippen LogP contribution in [0.15, 0.2) is 36.4 Å². The number of rotatable bonds is 44. The zero-order valence-electron chi connectivity index (χ0n) is 51.1. The van der Waals surface area contributed by atoms with Gasteiger partial charge in [0.1, 0.15) is 74.6 Å². The third-order valence-electron chi connectivity index (χ3n) is 14.2. The van der Waals surface area contributed by atoms with E-state index in [1.54, 1.807) is 0 Å². The third-order valence-corrected chi connectivity index (χ3v) is 14.2. The lowest BCUT2D eigenvalue weighted by atomic mass is 9.80. The number of aliphatic carboxylic acids is 2. The van der Waals surface area contributed by atoms with Gasteiger partial charge in [0.05, 0.1) is 75.4 Å². The number of ketones is 2. The first-order chi connectivity index (χ1) is 43.9. The zero-order chi connectivity index (χ0) is 67.7. The maximum absolute atomic E-state index is 13.8. The minimum Gasteiger partial charge on any atom is -0.487 e. The number of carboxylic acids is 2. The van der Waals surface area contributed by atoms with E-state index >= 15 is 0 Å². The Hall–Kier alpha value is -7.38. The van der Waals surface area contributed by atoms with Crippen LogP contribution in [0.3, 0.4) is 0 Å². The van der Waals surface area contributed by atoms with Crippen molar-refractivity contribution in [2.24, 2.45) is 17.7 Å². The lowest BCUT2D eigenvalue weighted by Crippen LogP contribution is -2.57. The van der Waals surface area contributed by atoms with Crippen LogP contribution in [0.2, 0.25) is 0 Å². The Morgan fingerprint density at radius 3 is 1.85 bits per heavy atom. The topological polar surface area (TPSA) is 499 Å². The molecular weight excluding hydrogens is 1230 g/mol. The van der Waals surface area contributed by atoms with Gasteiger partial charge in [-0.3, -0.25) is 47.9 Å². The Morgan fingerprint density at radius 1 is 0.609 bits per heavy atom. The number of carboxylic acid groups (broad SMARTS) is 2. The van der Waals surface area contributed by atoms with Gasteiger partial charge in [-0.25, -0.2) is 5.90 Å². The molecule has 0 unspecified atom stereocenters. The first kappa shape index (κ1) is 77.1. The van der Waals surface area contributed by atoms with Gasteiger partial charge in [0.15, 0.2) is 11.6 Å². The van der Waals surface area contributed by atoms with E-state index < -0.39 is 152 Å². The van der Waals surface area contributed by atoms with E-state index in [0.29, 0.717) is 17.5 Å². The van der Waals surface area contributed by atoms with E-state index in [9.17, 15) is 88.8 Å². The molecular formula is C59H85N5O28. The van der Waals surface area contributed by atoms with Gasteiger partial charge in [-0.1, -0.05) is 12.1 Å². The summed E-state index contributed by atoms with van der Waals surface area (Å²) in [6.45, 7) is 0.781. The van der Waals surface area contributed by atoms with Crippen LogP contribution in [0.25, 0.3) is 0 Å². The number of aliphatic hydroxyl groups is 6. The molecule has 14 N–H and O–H groups in total. The van der Waals surface area contributed by atoms with Crippen molar-refractivity contribution in [3.05, 3.63) is 58.7 Å². The van der Waals surface area contributed by atoms with Gasteiger partial charge >= 0.3 is 23.9 Å². The third kappa shape index (κ3) is 27.4. The highest BCUT2D eigenvalue weighted by Gasteiger charge is 2.47. The van der Waals surface area contributed by atoms with Gasteiger partial charge in [-0.2, -0.15) is 0 Å². The van der Waals surface area contributed by atoms with E-state index in [0.717, 1.165) is 0 Å². The van der Waals surface area contributed by atoms with Crippen molar-refractivity contribution in [2.75, 3.05) is 85.7 Å². The van der Waals surface area contributed by atoms with Gasteiger partial charge in [-0.15, -0.1) is 0 Å². The quantitative estimate of drug-likeness (QED) is 0.0138. The number of esters is 2. The van der Waals surface area contributed by atoms with Gasteiger partial charge in [0, 0.05) is 71.7 Å². The molecule has 2 aliphatic rings. The van der Waals surface area contributed by atoms with Gasteiger partial charge in [-0.05, 0) is 67.5 Å². The molecule has 11 atom stereocenters. The number of carbonyl (C=O) groups is 10. The van der Waals surface area contributed by atoms with E-state index in [2.05, 4.69) is 26.1 Å². The Morgan fingerprint density at radius 2 is 1.22 bits per heavy atom. The molecule has 514 valence electrons. The fourth-order valence-corrected chi connectivity index (χ4v) is 9.29. The fraction of sp³-hybridized carbons (Fsp3) is 0.627. The second-order valence-corrected chi connectivity index (χ2v) is 21.4. The normalized spacial score (nSPS) is 20.9. The molecule has 0 aromatic heterocycles. The summed E-state index contributed by atoms with van der Waals surface area (Å²) in [6, 6.07) is 7.42. The summed E-state index contributed by atoms with van der Waals surface area (Å²) < 4.78 is 49.0. The van der Waals surface area contributed by atoms with Crippen LogP contribution < -0.4 is 36.6 Å². The highest BCUT2D eigenvalue weighted by molar-refractivity contribution is 5.99. The van der Waals surface area contributed by atoms with Crippen molar-refractivity contribution in [2.45, 2.75) is 140 Å². The van der Waals surface area contributed by atoms with Crippen molar-refractivity contribution in [1.29, 1.82) is 0 Å². The Labute approximate surface area is 528 Å². The highest BCUT2D eigenvalue weighted by Crippen LogP contribution is 2.32. The molecule has 4 amide bonds. The second-order valence-electron chi connectivity index (χ2n) is 21.4. The molecule has 4 rings (SSSR count). The molecule has 2 aromatic rings. The Balaban J connectivity index is 1.20. The Bertz CT molecular complexity index is 2740. The van der Waals surface area contributed by atoms with Crippen molar-refractivity contribution in [3.8, 4) is 11.5 Å². The van der Waals surface area contributed by atoms with Gasteiger partial charge < -0.3 is 110 Å². The van der Waals surface area contributed by atoms with E-state index in [1.807, 2.05) is 0 Å². The van der Waals surface area contributed by atoms with Crippen LogP contribution in [0.4, 0.5) is 0 Å². The Kier molecular flexibility index (Phi) is 34.6.